The molecule has 22 heavy (non-hydrogen) atoms. The summed E-state index contributed by atoms with van der Waals surface area (Å²) in [6, 6.07) is 9.69. The van der Waals surface area contributed by atoms with E-state index in [2.05, 4.69) is 20.7 Å². The van der Waals surface area contributed by atoms with Crippen LogP contribution in [0, 0.1) is 6.92 Å². The van der Waals surface area contributed by atoms with E-state index in [1.54, 1.807) is 28.7 Å². The first-order valence-electron chi connectivity index (χ1n) is 6.64. The Balaban J connectivity index is 1.71. The second-order valence-electron chi connectivity index (χ2n) is 4.69. The lowest BCUT2D eigenvalue weighted by molar-refractivity contribution is 0.0950. The molecule has 3 rings (SSSR count). The zero-order valence-electron chi connectivity index (χ0n) is 12.1. The minimum absolute atomic E-state index is 0.323. The molecule has 0 saturated heterocycles. The van der Waals surface area contributed by atoms with Crippen LogP contribution < -0.4 is 5.43 Å². The lowest BCUT2D eigenvalue weighted by Gasteiger charge is -1.98. The Morgan fingerprint density at radius 1 is 1.36 bits per heavy atom. The van der Waals surface area contributed by atoms with Crippen molar-refractivity contribution in [1.29, 1.82) is 0 Å². The molecule has 112 valence electrons. The maximum absolute atomic E-state index is 12.1. The van der Waals surface area contributed by atoms with Crippen LogP contribution in [0.5, 0.6) is 0 Å². The van der Waals surface area contributed by atoms with E-state index in [0.717, 1.165) is 21.2 Å². The third-order valence-electron chi connectivity index (χ3n) is 3.02. The topological polar surface area (TPSA) is 70.1 Å². The average Bonchev–Trinajstić information content (AvgIpc) is 3.23. The van der Waals surface area contributed by atoms with E-state index >= 15 is 0 Å². The van der Waals surface area contributed by atoms with Crippen LogP contribution in [0.3, 0.4) is 0 Å². The van der Waals surface area contributed by atoms with Crippen molar-refractivity contribution in [2.24, 2.45) is 5.10 Å². The summed E-state index contributed by atoms with van der Waals surface area (Å²) in [5, 5.41) is 13.0. The van der Waals surface area contributed by atoms with Gasteiger partial charge < -0.3 is 0 Å². The molecule has 0 aliphatic heterocycles. The van der Waals surface area contributed by atoms with Gasteiger partial charge in [0.1, 0.15) is 0 Å². The van der Waals surface area contributed by atoms with Gasteiger partial charge in [-0.25, -0.2) is 5.43 Å². The third-order valence-corrected chi connectivity index (χ3v) is 5.03. The smallest absolute Gasteiger partial charge is 0.276 e. The average molecular weight is 330 g/mol. The number of nitrogens with zero attached hydrogens (tertiary/aromatic N) is 2. The van der Waals surface area contributed by atoms with Crippen molar-refractivity contribution in [2.75, 3.05) is 0 Å². The molecule has 3 aromatic rings. The minimum atomic E-state index is -0.327. The van der Waals surface area contributed by atoms with Gasteiger partial charge in [-0.1, -0.05) is 6.07 Å². The number of hydrogen-bond acceptors (Lipinski definition) is 5. The monoisotopic (exact) mass is 330 g/mol. The van der Waals surface area contributed by atoms with E-state index in [4.69, 9.17) is 0 Å². The molecular weight excluding hydrogens is 316 g/mol. The molecule has 3 heterocycles. The Hall–Kier alpha value is -2.25. The van der Waals surface area contributed by atoms with Crippen molar-refractivity contribution in [3.8, 4) is 10.6 Å². The number of hydrazone groups is 1. The van der Waals surface area contributed by atoms with Crippen LogP contribution in [0.25, 0.3) is 10.6 Å². The molecule has 0 atom stereocenters. The molecule has 7 heteroatoms. The first-order chi connectivity index (χ1) is 10.6. The number of hydrogen-bond donors (Lipinski definition) is 2. The van der Waals surface area contributed by atoms with Crippen molar-refractivity contribution in [3.05, 3.63) is 51.2 Å². The van der Waals surface area contributed by atoms with Crippen molar-refractivity contribution < 1.29 is 4.79 Å². The van der Waals surface area contributed by atoms with Gasteiger partial charge in [-0.3, -0.25) is 9.89 Å². The molecule has 0 spiro atoms. The number of carbonyl (C=O) groups is 1. The molecule has 0 saturated carbocycles. The zero-order valence-corrected chi connectivity index (χ0v) is 13.7. The van der Waals surface area contributed by atoms with Crippen molar-refractivity contribution in [1.82, 2.24) is 15.6 Å². The Kier molecular flexibility index (Phi) is 4.17. The first-order valence-corrected chi connectivity index (χ1v) is 8.34. The van der Waals surface area contributed by atoms with E-state index < -0.39 is 0 Å². The maximum Gasteiger partial charge on any atom is 0.291 e. The van der Waals surface area contributed by atoms with Crippen LogP contribution in [0.15, 0.2) is 40.8 Å². The summed E-state index contributed by atoms with van der Waals surface area (Å²) in [7, 11) is 0. The van der Waals surface area contributed by atoms with E-state index in [-0.39, 0.29) is 5.91 Å². The van der Waals surface area contributed by atoms with E-state index in [1.165, 1.54) is 4.88 Å². The normalized spacial score (nSPS) is 11.6. The summed E-state index contributed by atoms with van der Waals surface area (Å²) in [4.78, 5) is 15.4. The molecule has 0 aliphatic rings. The van der Waals surface area contributed by atoms with Crippen molar-refractivity contribution in [2.45, 2.75) is 13.8 Å². The van der Waals surface area contributed by atoms with Gasteiger partial charge in [-0.05, 0) is 43.5 Å². The fourth-order valence-electron chi connectivity index (χ4n) is 1.87. The van der Waals surface area contributed by atoms with Gasteiger partial charge in [0.15, 0.2) is 5.69 Å². The summed E-state index contributed by atoms with van der Waals surface area (Å²) >= 11 is 3.23. The molecular formula is C15H14N4OS2. The highest BCUT2D eigenvalue weighted by molar-refractivity contribution is 7.15. The molecule has 0 radical (unpaired) electrons. The summed E-state index contributed by atoms with van der Waals surface area (Å²) in [6.07, 6.45) is 0. The number of H-pyrrole nitrogens is 1. The van der Waals surface area contributed by atoms with Gasteiger partial charge in [0.2, 0.25) is 0 Å². The fourth-order valence-corrected chi connectivity index (χ4v) is 3.39. The fraction of sp³-hybridized carbons (Fsp3) is 0.133. The van der Waals surface area contributed by atoms with Crippen LogP contribution in [0.4, 0.5) is 0 Å². The van der Waals surface area contributed by atoms with Gasteiger partial charge in [0.25, 0.3) is 5.91 Å². The van der Waals surface area contributed by atoms with Gasteiger partial charge in [0, 0.05) is 9.75 Å². The Morgan fingerprint density at radius 3 is 2.91 bits per heavy atom. The predicted octanol–water partition coefficient (Wildman–Crippen LogP) is 3.66. The Bertz CT molecular complexity index is 814. The summed E-state index contributed by atoms with van der Waals surface area (Å²) in [6.45, 7) is 3.90. The molecule has 2 N–H and O–H groups in total. The number of nitrogens with one attached hydrogen (secondary N) is 2. The summed E-state index contributed by atoms with van der Waals surface area (Å²) in [5.41, 5.74) is 4.46. The number of aryl methyl sites for hydroxylation is 1. The third kappa shape index (κ3) is 3.15. The standard InChI is InChI=1S/C15H14N4OS2/c1-9-5-6-14(22-9)11-8-12(18-17-11)15(20)19-16-10(2)13-4-3-7-21-13/h3-8H,1-2H3,(H,17,18)(H,19,20)/b16-10-. The number of aromatic nitrogens is 2. The highest BCUT2D eigenvalue weighted by Crippen LogP contribution is 2.26. The largest absolute Gasteiger partial charge is 0.291 e. The number of thiophene rings is 2. The second-order valence-corrected chi connectivity index (χ2v) is 6.93. The number of rotatable bonds is 4. The molecule has 0 aliphatic carbocycles. The van der Waals surface area contributed by atoms with Crippen molar-refractivity contribution >= 4 is 34.3 Å². The van der Waals surface area contributed by atoms with Gasteiger partial charge >= 0.3 is 0 Å². The first kappa shape index (κ1) is 14.7. The number of aromatic amines is 1. The van der Waals surface area contributed by atoms with E-state index in [1.807, 2.05) is 43.5 Å². The molecule has 0 unspecified atom stereocenters. The van der Waals surface area contributed by atoms with Gasteiger partial charge in [-0.15, -0.1) is 22.7 Å². The second kappa shape index (κ2) is 6.25. The minimum Gasteiger partial charge on any atom is -0.276 e. The lowest BCUT2D eigenvalue weighted by atomic mass is 10.3. The maximum atomic E-state index is 12.1. The van der Waals surface area contributed by atoms with Crippen LogP contribution in [0.1, 0.15) is 27.2 Å². The number of amides is 1. The van der Waals surface area contributed by atoms with E-state index in [9.17, 15) is 4.79 Å². The van der Waals surface area contributed by atoms with Crippen LogP contribution >= 0.6 is 22.7 Å². The molecule has 0 fully saturated rings. The number of carbonyl (C=O) groups excluding carboxylic acids is 1. The molecule has 0 aromatic carbocycles. The summed E-state index contributed by atoms with van der Waals surface area (Å²) < 4.78 is 0. The van der Waals surface area contributed by atoms with Crippen LogP contribution in [0.2, 0.25) is 0 Å². The van der Waals surface area contributed by atoms with Gasteiger partial charge in [0.05, 0.1) is 16.3 Å². The van der Waals surface area contributed by atoms with Crippen molar-refractivity contribution in [3.63, 3.8) is 0 Å². The quantitative estimate of drug-likeness (QED) is 0.566. The summed E-state index contributed by atoms with van der Waals surface area (Å²) in [5.74, 6) is -0.327. The highest BCUT2D eigenvalue weighted by atomic mass is 32.1. The molecule has 1 amide bonds. The van der Waals surface area contributed by atoms with Gasteiger partial charge in [-0.2, -0.15) is 10.2 Å². The Morgan fingerprint density at radius 2 is 2.23 bits per heavy atom. The predicted molar refractivity (Wildman–Crippen MR) is 90.6 cm³/mol. The van der Waals surface area contributed by atoms with E-state index in [0.29, 0.717) is 5.69 Å². The molecule has 3 aromatic heterocycles. The molecule has 0 bridgehead atoms. The lowest BCUT2D eigenvalue weighted by Crippen LogP contribution is -2.19. The zero-order chi connectivity index (χ0) is 15.5. The Labute approximate surface area is 135 Å². The van der Waals surface area contributed by atoms with Crippen LogP contribution in [-0.4, -0.2) is 21.8 Å². The molecule has 5 nitrogen and oxygen atoms in total. The van der Waals surface area contributed by atoms with Crippen LogP contribution in [-0.2, 0) is 0 Å². The SMILES string of the molecule is C/C(=N/NC(=O)c1cc(-c2ccc(C)s2)[nH]n1)c1cccs1. The highest BCUT2D eigenvalue weighted by Gasteiger charge is 2.12.